The van der Waals surface area contributed by atoms with Gasteiger partial charge in [-0.05, 0) is 13.8 Å². The lowest BCUT2D eigenvalue weighted by atomic mass is 10.5. The molecule has 1 aromatic heterocycles. The maximum atomic E-state index is 11.6. The average molecular weight is 291 g/mol. The molecule has 0 spiro atoms. The fourth-order valence-electron chi connectivity index (χ4n) is 1.36. The van der Waals surface area contributed by atoms with Gasteiger partial charge in [0.2, 0.25) is 10.0 Å². The van der Waals surface area contributed by atoms with Gasteiger partial charge in [-0.1, -0.05) is 5.16 Å². The second-order valence-electron chi connectivity index (χ2n) is 3.78. The number of aryl methyl sites for hydroxylation is 1. The average Bonchev–Trinajstić information content (AvgIpc) is 2.69. The smallest absolute Gasteiger partial charge is 0.407 e. The zero-order chi connectivity index (χ0) is 14.5. The van der Waals surface area contributed by atoms with E-state index in [2.05, 4.69) is 15.2 Å². The second-order valence-corrected chi connectivity index (χ2v) is 5.68. The number of carbonyl (C=O) groups excluding carboxylic acids is 1. The second kappa shape index (κ2) is 6.41. The number of amides is 1. The molecule has 0 aliphatic heterocycles. The quantitative estimate of drug-likeness (QED) is 0.818. The standard InChI is InChI=1S/C10H17N3O5S/c1-4-17-10(14)11-5-6-13(19(3,15)16)9-7-8(2)18-12-9/h7H,4-6H2,1-3H3,(H,11,14). The predicted octanol–water partition coefficient (Wildman–Crippen LogP) is 0.495. The van der Waals surface area contributed by atoms with E-state index in [0.717, 1.165) is 10.6 Å². The highest BCUT2D eigenvalue weighted by atomic mass is 32.2. The SMILES string of the molecule is CCOC(=O)NCCN(c1cc(C)on1)S(C)(=O)=O. The number of ether oxygens (including phenoxy) is 1. The Morgan fingerprint density at radius 1 is 1.58 bits per heavy atom. The van der Waals surface area contributed by atoms with Gasteiger partial charge in [0.15, 0.2) is 5.82 Å². The van der Waals surface area contributed by atoms with E-state index in [0.29, 0.717) is 5.76 Å². The number of nitrogens with one attached hydrogen (secondary N) is 1. The molecule has 8 nitrogen and oxygen atoms in total. The monoisotopic (exact) mass is 291 g/mol. The summed E-state index contributed by atoms with van der Waals surface area (Å²) in [6.07, 6.45) is 0.466. The summed E-state index contributed by atoms with van der Waals surface area (Å²) in [6.45, 7) is 3.75. The van der Waals surface area contributed by atoms with Crippen molar-refractivity contribution in [3.8, 4) is 0 Å². The highest BCUT2D eigenvalue weighted by Gasteiger charge is 2.20. The third-order valence-corrected chi connectivity index (χ3v) is 3.30. The number of alkyl carbamates (subject to hydrolysis) is 1. The molecular weight excluding hydrogens is 274 g/mol. The lowest BCUT2D eigenvalue weighted by Crippen LogP contribution is -2.38. The molecule has 0 aliphatic rings. The molecular formula is C10H17N3O5S. The summed E-state index contributed by atoms with van der Waals surface area (Å²) >= 11 is 0. The van der Waals surface area contributed by atoms with Gasteiger partial charge in [-0.3, -0.25) is 0 Å². The van der Waals surface area contributed by atoms with Crippen LogP contribution in [-0.4, -0.2) is 45.6 Å². The van der Waals surface area contributed by atoms with Crippen LogP contribution >= 0.6 is 0 Å². The Morgan fingerprint density at radius 2 is 2.26 bits per heavy atom. The number of carbonyl (C=O) groups is 1. The first-order valence-electron chi connectivity index (χ1n) is 5.66. The van der Waals surface area contributed by atoms with Crippen LogP contribution in [-0.2, 0) is 14.8 Å². The minimum Gasteiger partial charge on any atom is -0.450 e. The molecule has 0 aromatic carbocycles. The van der Waals surface area contributed by atoms with Gasteiger partial charge in [0, 0.05) is 12.6 Å². The first-order chi connectivity index (χ1) is 8.84. The van der Waals surface area contributed by atoms with Crippen molar-refractivity contribution in [2.45, 2.75) is 13.8 Å². The summed E-state index contributed by atoms with van der Waals surface area (Å²) < 4.78 is 33.8. The van der Waals surface area contributed by atoms with Gasteiger partial charge in [0.1, 0.15) is 5.76 Å². The maximum Gasteiger partial charge on any atom is 0.407 e. The zero-order valence-corrected chi connectivity index (χ0v) is 11.9. The van der Waals surface area contributed by atoms with Gasteiger partial charge < -0.3 is 14.6 Å². The van der Waals surface area contributed by atoms with E-state index >= 15 is 0 Å². The number of sulfonamides is 1. The fraction of sp³-hybridized carbons (Fsp3) is 0.600. The van der Waals surface area contributed by atoms with E-state index < -0.39 is 16.1 Å². The van der Waals surface area contributed by atoms with Crippen LogP contribution in [0.5, 0.6) is 0 Å². The van der Waals surface area contributed by atoms with E-state index in [-0.39, 0.29) is 25.5 Å². The molecule has 1 rings (SSSR count). The molecule has 0 bridgehead atoms. The first-order valence-corrected chi connectivity index (χ1v) is 7.51. The number of nitrogens with zero attached hydrogens (tertiary/aromatic N) is 2. The molecule has 0 aliphatic carbocycles. The summed E-state index contributed by atoms with van der Waals surface area (Å²) in [5, 5.41) is 6.08. The van der Waals surface area contributed by atoms with Crippen LogP contribution in [0.25, 0.3) is 0 Å². The summed E-state index contributed by atoms with van der Waals surface area (Å²) in [6, 6.07) is 1.51. The number of anilines is 1. The molecule has 1 amide bonds. The van der Waals surface area contributed by atoms with Crippen LogP contribution in [0.1, 0.15) is 12.7 Å². The van der Waals surface area contributed by atoms with Crippen LogP contribution in [0.3, 0.4) is 0 Å². The van der Waals surface area contributed by atoms with Gasteiger partial charge in [0.05, 0.1) is 19.4 Å². The van der Waals surface area contributed by atoms with Crippen molar-refractivity contribution in [3.05, 3.63) is 11.8 Å². The number of hydrogen-bond donors (Lipinski definition) is 1. The Balaban J connectivity index is 2.65. The summed E-state index contributed by atoms with van der Waals surface area (Å²) in [5.74, 6) is 0.688. The van der Waals surface area contributed by atoms with Gasteiger partial charge in [-0.15, -0.1) is 0 Å². The van der Waals surface area contributed by atoms with Crippen molar-refractivity contribution in [2.75, 3.05) is 30.3 Å². The van der Waals surface area contributed by atoms with Gasteiger partial charge in [0.25, 0.3) is 0 Å². The van der Waals surface area contributed by atoms with Crippen molar-refractivity contribution < 1.29 is 22.5 Å². The number of rotatable bonds is 6. The van der Waals surface area contributed by atoms with Crippen molar-refractivity contribution in [2.24, 2.45) is 0 Å². The molecule has 9 heteroatoms. The van der Waals surface area contributed by atoms with Crippen molar-refractivity contribution in [1.82, 2.24) is 10.5 Å². The van der Waals surface area contributed by atoms with Crippen LogP contribution < -0.4 is 9.62 Å². The Hall–Kier alpha value is -1.77. The van der Waals surface area contributed by atoms with E-state index in [9.17, 15) is 13.2 Å². The van der Waals surface area contributed by atoms with E-state index in [4.69, 9.17) is 4.52 Å². The number of aromatic nitrogens is 1. The van der Waals surface area contributed by atoms with Crippen molar-refractivity contribution in [1.29, 1.82) is 0 Å². The van der Waals surface area contributed by atoms with Gasteiger partial charge in [-0.25, -0.2) is 17.5 Å². The Bertz CT molecular complexity index is 525. The first kappa shape index (κ1) is 15.3. The molecule has 0 saturated heterocycles. The molecule has 1 N–H and O–H groups in total. The molecule has 19 heavy (non-hydrogen) atoms. The molecule has 0 fully saturated rings. The van der Waals surface area contributed by atoms with Crippen molar-refractivity contribution >= 4 is 21.9 Å². The lowest BCUT2D eigenvalue weighted by Gasteiger charge is -2.18. The molecule has 1 aromatic rings. The maximum absolute atomic E-state index is 11.6. The summed E-state index contributed by atoms with van der Waals surface area (Å²) in [7, 11) is -3.50. The van der Waals surface area contributed by atoms with Gasteiger partial charge in [-0.2, -0.15) is 0 Å². The van der Waals surface area contributed by atoms with Gasteiger partial charge >= 0.3 is 6.09 Å². The van der Waals surface area contributed by atoms with Crippen LogP contribution in [0.2, 0.25) is 0 Å². The van der Waals surface area contributed by atoms with E-state index in [1.807, 2.05) is 0 Å². The molecule has 0 saturated carbocycles. The van der Waals surface area contributed by atoms with Crippen molar-refractivity contribution in [3.63, 3.8) is 0 Å². The minimum atomic E-state index is -3.50. The number of hydrogen-bond acceptors (Lipinski definition) is 6. The highest BCUT2D eigenvalue weighted by Crippen LogP contribution is 2.16. The largest absolute Gasteiger partial charge is 0.450 e. The molecule has 0 unspecified atom stereocenters. The normalized spacial score (nSPS) is 11.1. The van der Waals surface area contributed by atoms with E-state index in [1.54, 1.807) is 13.8 Å². The Morgan fingerprint density at radius 3 is 2.74 bits per heavy atom. The Kier molecular flexibility index (Phi) is 5.16. The van der Waals surface area contributed by atoms with Crippen LogP contribution in [0.4, 0.5) is 10.6 Å². The molecule has 1 heterocycles. The Labute approximate surface area is 111 Å². The third kappa shape index (κ3) is 4.78. The molecule has 0 atom stereocenters. The molecule has 0 radical (unpaired) electrons. The minimum absolute atomic E-state index is 0.0453. The summed E-state index contributed by atoms with van der Waals surface area (Å²) in [5.41, 5.74) is 0. The highest BCUT2D eigenvalue weighted by molar-refractivity contribution is 7.92. The summed E-state index contributed by atoms with van der Waals surface area (Å²) in [4.78, 5) is 11.1. The lowest BCUT2D eigenvalue weighted by molar-refractivity contribution is 0.152. The fourth-order valence-corrected chi connectivity index (χ4v) is 2.21. The van der Waals surface area contributed by atoms with Crippen LogP contribution in [0, 0.1) is 6.92 Å². The third-order valence-electron chi connectivity index (χ3n) is 2.13. The topological polar surface area (TPSA) is 102 Å². The van der Waals surface area contributed by atoms with Crippen LogP contribution in [0.15, 0.2) is 10.6 Å². The molecule has 108 valence electrons. The predicted molar refractivity (Wildman–Crippen MR) is 68.5 cm³/mol. The van der Waals surface area contributed by atoms with E-state index in [1.165, 1.54) is 6.07 Å². The zero-order valence-electron chi connectivity index (χ0n) is 11.0.